The number of hydrazine groups is 1. The van der Waals surface area contributed by atoms with Crippen LogP contribution in [0.3, 0.4) is 0 Å². The summed E-state index contributed by atoms with van der Waals surface area (Å²) in [5.74, 6) is 5.79. The van der Waals surface area contributed by atoms with Gasteiger partial charge in [-0.25, -0.2) is 5.84 Å². The lowest BCUT2D eigenvalue weighted by Gasteiger charge is -2.14. The molecule has 0 spiro atoms. The van der Waals surface area contributed by atoms with Crippen molar-refractivity contribution in [2.45, 2.75) is 6.61 Å². The van der Waals surface area contributed by atoms with Gasteiger partial charge >= 0.3 is 0 Å². The maximum atomic E-state index is 11.6. The Morgan fingerprint density at radius 2 is 2.14 bits per heavy atom. The highest BCUT2D eigenvalue weighted by Gasteiger charge is 2.15. The van der Waals surface area contributed by atoms with Crippen LogP contribution in [0.1, 0.15) is 15.9 Å². The molecule has 0 radical (unpaired) electrons. The SMILES string of the molecule is COc1cc(C(=O)NN)cc(I)c1OCc1cccc(Cl)c1. The molecule has 2 rings (SSSR count). The minimum atomic E-state index is -0.391. The van der Waals surface area contributed by atoms with E-state index >= 15 is 0 Å². The maximum absolute atomic E-state index is 11.6. The van der Waals surface area contributed by atoms with Crippen molar-refractivity contribution in [2.24, 2.45) is 5.84 Å². The van der Waals surface area contributed by atoms with Gasteiger partial charge in [0.2, 0.25) is 0 Å². The van der Waals surface area contributed by atoms with Gasteiger partial charge in [0.1, 0.15) is 6.61 Å². The van der Waals surface area contributed by atoms with Gasteiger partial charge in [-0.05, 0) is 52.4 Å². The van der Waals surface area contributed by atoms with Crippen LogP contribution in [0, 0.1) is 3.57 Å². The number of hydrogen-bond acceptors (Lipinski definition) is 4. The number of carbonyl (C=O) groups is 1. The third-order valence-electron chi connectivity index (χ3n) is 2.89. The number of halogens is 2. The second-order valence-electron chi connectivity index (χ2n) is 4.38. The lowest BCUT2D eigenvalue weighted by atomic mass is 10.2. The second kappa shape index (κ2) is 7.66. The van der Waals surface area contributed by atoms with Gasteiger partial charge in [0.15, 0.2) is 11.5 Å². The summed E-state index contributed by atoms with van der Waals surface area (Å²) in [5, 5.41) is 0.651. The fourth-order valence-electron chi connectivity index (χ4n) is 1.86. The number of nitrogen functional groups attached to an aromatic ring is 1. The van der Waals surface area contributed by atoms with Gasteiger partial charge in [-0.2, -0.15) is 0 Å². The number of benzene rings is 2. The van der Waals surface area contributed by atoms with E-state index < -0.39 is 5.91 Å². The van der Waals surface area contributed by atoms with E-state index in [1.54, 1.807) is 18.2 Å². The molecule has 0 heterocycles. The van der Waals surface area contributed by atoms with Crippen molar-refractivity contribution in [1.82, 2.24) is 5.43 Å². The molecule has 22 heavy (non-hydrogen) atoms. The minimum absolute atomic E-state index is 0.343. The zero-order valence-electron chi connectivity index (χ0n) is 11.7. The Balaban J connectivity index is 2.25. The molecule has 2 aromatic carbocycles. The summed E-state index contributed by atoms with van der Waals surface area (Å²) in [6.45, 7) is 0.343. The molecule has 7 heteroatoms. The molecule has 0 atom stereocenters. The van der Waals surface area contributed by atoms with Crippen molar-refractivity contribution in [3.8, 4) is 11.5 Å². The second-order valence-corrected chi connectivity index (χ2v) is 5.98. The van der Waals surface area contributed by atoms with Crippen LogP contribution >= 0.6 is 34.2 Å². The van der Waals surface area contributed by atoms with Crippen LogP contribution in [0.5, 0.6) is 11.5 Å². The van der Waals surface area contributed by atoms with E-state index in [1.807, 2.05) is 18.2 Å². The first-order chi connectivity index (χ1) is 10.5. The Bertz CT molecular complexity index is 694. The maximum Gasteiger partial charge on any atom is 0.265 e. The molecule has 0 saturated carbocycles. The molecule has 2 aromatic rings. The number of rotatable bonds is 5. The Hall–Kier alpha value is -1.51. The fraction of sp³-hybridized carbons (Fsp3) is 0.133. The molecule has 1 amide bonds. The van der Waals surface area contributed by atoms with Gasteiger partial charge in [0, 0.05) is 10.6 Å². The van der Waals surface area contributed by atoms with Crippen molar-refractivity contribution in [3.63, 3.8) is 0 Å². The highest BCUT2D eigenvalue weighted by atomic mass is 127. The smallest absolute Gasteiger partial charge is 0.265 e. The minimum Gasteiger partial charge on any atom is -0.493 e. The van der Waals surface area contributed by atoms with Crippen LogP contribution in [0.4, 0.5) is 0 Å². The number of methoxy groups -OCH3 is 1. The number of hydrogen-bond donors (Lipinski definition) is 2. The molecule has 0 saturated heterocycles. The Kier molecular flexibility index (Phi) is 5.87. The number of carbonyl (C=O) groups excluding carboxylic acids is 1. The third kappa shape index (κ3) is 4.02. The Labute approximate surface area is 146 Å². The summed E-state index contributed by atoms with van der Waals surface area (Å²) >= 11 is 8.03. The molecule has 0 aliphatic rings. The van der Waals surface area contributed by atoms with E-state index in [0.717, 1.165) is 9.13 Å². The number of nitrogens with one attached hydrogen (secondary N) is 1. The van der Waals surface area contributed by atoms with Crippen LogP contribution in [0.25, 0.3) is 0 Å². The largest absolute Gasteiger partial charge is 0.493 e. The zero-order chi connectivity index (χ0) is 16.1. The van der Waals surface area contributed by atoms with Crippen LogP contribution < -0.4 is 20.7 Å². The third-order valence-corrected chi connectivity index (χ3v) is 3.93. The Morgan fingerprint density at radius 1 is 1.36 bits per heavy atom. The molecule has 0 aliphatic heterocycles. The predicted octanol–water partition coefficient (Wildman–Crippen LogP) is 3.14. The van der Waals surface area contributed by atoms with Crippen molar-refractivity contribution < 1.29 is 14.3 Å². The summed E-state index contributed by atoms with van der Waals surface area (Å²) in [6.07, 6.45) is 0. The lowest BCUT2D eigenvalue weighted by molar-refractivity contribution is 0.0953. The molecule has 3 N–H and O–H groups in total. The molecule has 0 aromatic heterocycles. The van der Waals surface area contributed by atoms with Crippen LogP contribution in [0.2, 0.25) is 5.02 Å². The Morgan fingerprint density at radius 3 is 2.77 bits per heavy atom. The summed E-state index contributed by atoms with van der Waals surface area (Å²) in [5.41, 5.74) is 3.43. The molecule has 0 aliphatic carbocycles. The highest BCUT2D eigenvalue weighted by Crippen LogP contribution is 2.34. The van der Waals surface area contributed by atoms with E-state index in [4.69, 9.17) is 26.9 Å². The van der Waals surface area contributed by atoms with Crippen molar-refractivity contribution in [1.29, 1.82) is 0 Å². The summed E-state index contributed by atoms with van der Waals surface area (Å²) in [7, 11) is 1.52. The molecule has 116 valence electrons. The first-order valence-corrected chi connectivity index (χ1v) is 7.76. The standard InChI is InChI=1S/C15H14ClIN2O3/c1-21-13-7-10(15(20)19-18)6-12(17)14(13)22-8-9-3-2-4-11(16)5-9/h2-7H,8,18H2,1H3,(H,19,20). The number of amides is 1. The van der Waals surface area contributed by atoms with Crippen molar-refractivity contribution in [2.75, 3.05) is 7.11 Å². The highest BCUT2D eigenvalue weighted by molar-refractivity contribution is 14.1. The van der Waals surface area contributed by atoms with E-state index in [9.17, 15) is 4.79 Å². The molecule has 0 unspecified atom stereocenters. The van der Waals surface area contributed by atoms with Gasteiger partial charge < -0.3 is 9.47 Å². The number of nitrogens with two attached hydrogens (primary N) is 1. The van der Waals surface area contributed by atoms with E-state index in [2.05, 4.69) is 28.0 Å². The van der Waals surface area contributed by atoms with Gasteiger partial charge in [-0.1, -0.05) is 23.7 Å². The first kappa shape index (κ1) is 16.9. The van der Waals surface area contributed by atoms with Crippen LogP contribution in [-0.2, 0) is 6.61 Å². The van der Waals surface area contributed by atoms with E-state index in [-0.39, 0.29) is 0 Å². The van der Waals surface area contributed by atoms with Crippen molar-refractivity contribution in [3.05, 3.63) is 56.1 Å². The average Bonchev–Trinajstić information content (AvgIpc) is 2.52. The first-order valence-electron chi connectivity index (χ1n) is 6.31. The topological polar surface area (TPSA) is 73.6 Å². The number of ether oxygens (including phenoxy) is 2. The molecular weight excluding hydrogens is 419 g/mol. The summed E-state index contributed by atoms with van der Waals surface area (Å²) < 4.78 is 11.9. The van der Waals surface area contributed by atoms with Gasteiger partial charge in [0.25, 0.3) is 5.91 Å². The average molecular weight is 433 g/mol. The quantitative estimate of drug-likeness (QED) is 0.329. The monoisotopic (exact) mass is 432 g/mol. The summed E-state index contributed by atoms with van der Waals surface area (Å²) in [4.78, 5) is 11.6. The molecule has 0 fully saturated rings. The molecular formula is C15H14ClIN2O3. The van der Waals surface area contributed by atoms with E-state index in [0.29, 0.717) is 28.7 Å². The van der Waals surface area contributed by atoms with Gasteiger partial charge in [-0.15, -0.1) is 0 Å². The van der Waals surface area contributed by atoms with Crippen LogP contribution in [-0.4, -0.2) is 13.0 Å². The molecule has 5 nitrogen and oxygen atoms in total. The molecule has 0 bridgehead atoms. The lowest BCUT2D eigenvalue weighted by Crippen LogP contribution is -2.30. The fourth-order valence-corrected chi connectivity index (χ4v) is 2.83. The van der Waals surface area contributed by atoms with Crippen molar-refractivity contribution >= 4 is 40.1 Å². The normalized spacial score (nSPS) is 10.2. The van der Waals surface area contributed by atoms with Gasteiger partial charge in [-0.3, -0.25) is 10.2 Å². The zero-order valence-corrected chi connectivity index (χ0v) is 14.6. The summed E-state index contributed by atoms with van der Waals surface area (Å²) in [6, 6.07) is 10.7. The van der Waals surface area contributed by atoms with E-state index in [1.165, 1.54) is 7.11 Å². The predicted molar refractivity (Wildman–Crippen MR) is 93.1 cm³/mol. The van der Waals surface area contributed by atoms with Crippen LogP contribution in [0.15, 0.2) is 36.4 Å². The van der Waals surface area contributed by atoms with Gasteiger partial charge in [0.05, 0.1) is 10.7 Å².